The average Bonchev–Trinajstić information content (AvgIpc) is 2.86. The van der Waals surface area contributed by atoms with Gasteiger partial charge in [0.05, 0.1) is 5.56 Å². The van der Waals surface area contributed by atoms with Crippen molar-refractivity contribution >= 4 is 16.7 Å². The number of para-hydroxylation sites is 1. The Balaban J connectivity index is 2.16. The first-order valence-corrected chi connectivity index (χ1v) is 6.86. The van der Waals surface area contributed by atoms with Gasteiger partial charge in [-0.25, -0.2) is 0 Å². The van der Waals surface area contributed by atoms with E-state index in [1.807, 2.05) is 42.5 Å². The molecule has 2 heteroatoms. The van der Waals surface area contributed by atoms with Gasteiger partial charge in [-0.1, -0.05) is 56.3 Å². The molecule has 2 aromatic carbocycles. The Kier molecular flexibility index (Phi) is 2.07. The SMILES string of the molecule is CC1(C)c2ccccc2C(=O)c2c1[nH]c1ccccc21. The summed E-state index contributed by atoms with van der Waals surface area (Å²) in [5, 5.41) is 1.02. The Hall–Kier alpha value is -2.35. The first-order chi connectivity index (χ1) is 9.60. The number of ketones is 1. The molecule has 1 aliphatic rings. The molecule has 20 heavy (non-hydrogen) atoms. The van der Waals surface area contributed by atoms with Gasteiger partial charge in [0.15, 0.2) is 5.78 Å². The number of rotatable bonds is 0. The molecule has 0 fully saturated rings. The Morgan fingerprint density at radius 2 is 1.65 bits per heavy atom. The van der Waals surface area contributed by atoms with Crippen LogP contribution in [0.2, 0.25) is 0 Å². The quantitative estimate of drug-likeness (QED) is 0.651. The van der Waals surface area contributed by atoms with Crippen LogP contribution in [0.1, 0.15) is 41.0 Å². The van der Waals surface area contributed by atoms with Crippen molar-refractivity contribution in [2.45, 2.75) is 19.3 Å². The van der Waals surface area contributed by atoms with E-state index in [-0.39, 0.29) is 11.2 Å². The topological polar surface area (TPSA) is 32.9 Å². The highest BCUT2D eigenvalue weighted by Crippen LogP contribution is 2.43. The van der Waals surface area contributed by atoms with Gasteiger partial charge in [0.25, 0.3) is 0 Å². The van der Waals surface area contributed by atoms with E-state index in [1.165, 1.54) is 0 Å². The van der Waals surface area contributed by atoms with E-state index in [0.717, 1.165) is 33.3 Å². The van der Waals surface area contributed by atoms with E-state index in [9.17, 15) is 4.79 Å². The van der Waals surface area contributed by atoms with Gasteiger partial charge in [0.1, 0.15) is 0 Å². The summed E-state index contributed by atoms with van der Waals surface area (Å²) in [5.74, 6) is 0.132. The molecule has 0 unspecified atom stereocenters. The van der Waals surface area contributed by atoms with Crippen LogP contribution < -0.4 is 0 Å². The molecular weight excluding hydrogens is 246 g/mol. The van der Waals surface area contributed by atoms with E-state index in [0.29, 0.717) is 0 Å². The molecule has 4 rings (SSSR count). The number of carbonyl (C=O) groups is 1. The summed E-state index contributed by atoms with van der Waals surface area (Å²) in [4.78, 5) is 16.3. The molecule has 1 heterocycles. The molecule has 0 radical (unpaired) electrons. The molecule has 2 nitrogen and oxygen atoms in total. The molecule has 1 aliphatic carbocycles. The number of carbonyl (C=O) groups excluding carboxylic acids is 1. The third-order valence-corrected chi connectivity index (χ3v) is 4.40. The number of aromatic amines is 1. The van der Waals surface area contributed by atoms with E-state index in [4.69, 9.17) is 0 Å². The summed E-state index contributed by atoms with van der Waals surface area (Å²) in [5.41, 5.74) is 4.65. The summed E-state index contributed by atoms with van der Waals surface area (Å²) in [6, 6.07) is 16.0. The molecule has 0 bridgehead atoms. The number of hydrogen-bond acceptors (Lipinski definition) is 1. The third kappa shape index (κ3) is 1.26. The minimum atomic E-state index is -0.182. The van der Waals surface area contributed by atoms with Crippen molar-refractivity contribution in [1.82, 2.24) is 4.98 Å². The summed E-state index contributed by atoms with van der Waals surface area (Å²) in [7, 11) is 0. The maximum atomic E-state index is 12.9. The molecule has 0 atom stereocenters. The summed E-state index contributed by atoms with van der Waals surface area (Å²) < 4.78 is 0. The van der Waals surface area contributed by atoms with Crippen LogP contribution in [0.5, 0.6) is 0 Å². The zero-order valence-corrected chi connectivity index (χ0v) is 11.5. The molecule has 0 saturated heterocycles. The van der Waals surface area contributed by atoms with Gasteiger partial charge in [-0.15, -0.1) is 0 Å². The fourth-order valence-corrected chi connectivity index (χ4v) is 3.34. The second-order valence-electron chi connectivity index (χ2n) is 5.92. The minimum absolute atomic E-state index is 0.132. The second kappa shape index (κ2) is 3.60. The predicted molar refractivity (Wildman–Crippen MR) is 80.3 cm³/mol. The van der Waals surface area contributed by atoms with Crippen molar-refractivity contribution in [1.29, 1.82) is 0 Å². The lowest BCUT2D eigenvalue weighted by atomic mass is 9.71. The Morgan fingerprint density at radius 1 is 0.950 bits per heavy atom. The zero-order valence-electron chi connectivity index (χ0n) is 11.5. The van der Waals surface area contributed by atoms with Crippen LogP contribution in [-0.2, 0) is 5.41 Å². The highest BCUT2D eigenvalue weighted by atomic mass is 16.1. The summed E-state index contributed by atoms with van der Waals surface area (Å²) in [6.45, 7) is 4.35. The maximum absolute atomic E-state index is 12.9. The largest absolute Gasteiger partial charge is 0.357 e. The van der Waals surface area contributed by atoms with Crippen molar-refractivity contribution in [3.63, 3.8) is 0 Å². The van der Waals surface area contributed by atoms with Crippen LogP contribution in [0.4, 0.5) is 0 Å². The van der Waals surface area contributed by atoms with Crippen LogP contribution in [0.25, 0.3) is 10.9 Å². The molecule has 3 aromatic rings. The van der Waals surface area contributed by atoms with Crippen molar-refractivity contribution in [3.8, 4) is 0 Å². The van der Waals surface area contributed by atoms with Gasteiger partial charge < -0.3 is 4.98 Å². The number of fused-ring (bicyclic) bond motifs is 4. The van der Waals surface area contributed by atoms with Gasteiger partial charge in [-0.05, 0) is 11.6 Å². The van der Waals surface area contributed by atoms with Crippen LogP contribution in [0, 0.1) is 0 Å². The van der Waals surface area contributed by atoms with Crippen molar-refractivity contribution in [2.24, 2.45) is 0 Å². The van der Waals surface area contributed by atoms with Crippen molar-refractivity contribution in [3.05, 3.63) is 70.9 Å². The number of H-pyrrole nitrogens is 1. The molecule has 0 spiro atoms. The normalized spacial score (nSPS) is 16.0. The highest BCUT2D eigenvalue weighted by molar-refractivity contribution is 6.19. The lowest BCUT2D eigenvalue weighted by Gasteiger charge is -2.31. The fraction of sp³-hybridized carbons (Fsp3) is 0.167. The Labute approximate surface area is 117 Å². The van der Waals surface area contributed by atoms with Gasteiger partial charge in [0.2, 0.25) is 0 Å². The van der Waals surface area contributed by atoms with E-state index in [1.54, 1.807) is 0 Å². The van der Waals surface area contributed by atoms with Gasteiger partial charge in [-0.3, -0.25) is 4.79 Å². The van der Waals surface area contributed by atoms with Gasteiger partial charge >= 0.3 is 0 Å². The molecule has 1 aromatic heterocycles. The summed E-state index contributed by atoms with van der Waals surface area (Å²) >= 11 is 0. The first kappa shape index (κ1) is 11.5. The number of hydrogen-bond donors (Lipinski definition) is 1. The Bertz CT molecular complexity index is 855. The molecule has 98 valence electrons. The van der Waals surface area contributed by atoms with E-state index in [2.05, 4.69) is 24.9 Å². The monoisotopic (exact) mass is 261 g/mol. The minimum Gasteiger partial charge on any atom is -0.357 e. The molecule has 0 saturated carbocycles. The van der Waals surface area contributed by atoms with Crippen molar-refractivity contribution < 1.29 is 4.79 Å². The Morgan fingerprint density at radius 3 is 2.50 bits per heavy atom. The maximum Gasteiger partial charge on any atom is 0.195 e. The lowest BCUT2D eigenvalue weighted by Crippen LogP contribution is -2.30. The highest BCUT2D eigenvalue weighted by Gasteiger charge is 2.39. The van der Waals surface area contributed by atoms with Crippen LogP contribution in [0.3, 0.4) is 0 Å². The smallest absolute Gasteiger partial charge is 0.195 e. The first-order valence-electron chi connectivity index (χ1n) is 6.86. The standard InChI is InChI=1S/C18H15NO/c1-18(2)13-9-5-3-7-11(13)16(20)15-12-8-4-6-10-14(12)19-17(15)18/h3-10,19H,1-2H3. The van der Waals surface area contributed by atoms with Crippen molar-refractivity contribution in [2.75, 3.05) is 0 Å². The predicted octanol–water partition coefficient (Wildman–Crippen LogP) is 4.04. The average molecular weight is 261 g/mol. The molecular formula is C18H15NO. The lowest BCUT2D eigenvalue weighted by molar-refractivity contribution is 0.103. The van der Waals surface area contributed by atoms with Gasteiger partial charge in [-0.2, -0.15) is 0 Å². The number of nitrogens with one attached hydrogen (secondary N) is 1. The molecule has 0 aliphatic heterocycles. The van der Waals surface area contributed by atoms with E-state index < -0.39 is 0 Å². The molecule has 0 amide bonds. The summed E-state index contributed by atoms with van der Waals surface area (Å²) in [6.07, 6.45) is 0. The third-order valence-electron chi connectivity index (χ3n) is 4.40. The van der Waals surface area contributed by atoms with Gasteiger partial charge in [0, 0.05) is 27.6 Å². The zero-order chi connectivity index (χ0) is 13.9. The van der Waals surface area contributed by atoms with Crippen LogP contribution in [0.15, 0.2) is 48.5 Å². The fourth-order valence-electron chi connectivity index (χ4n) is 3.34. The number of aromatic nitrogens is 1. The van der Waals surface area contributed by atoms with Crippen LogP contribution in [-0.4, -0.2) is 10.8 Å². The molecule has 1 N–H and O–H groups in total. The second-order valence-corrected chi connectivity index (χ2v) is 5.92. The van der Waals surface area contributed by atoms with E-state index >= 15 is 0 Å². The number of benzene rings is 2. The van der Waals surface area contributed by atoms with Crippen LogP contribution >= 0.6 is 0 Å².